The molecule has 7 heteroatoms. The van der Waals surface area contributed by atoms with Crippen LogP contribution in [0.5, 0.6) is 0 Å². The number of hydrogen-bond acceptors (Lipinski definition) is 4. The first kappa shape index (κ1) is 16.5. The molecule has 3 rings (SSSR count). The molecule has 2 amide bonds. The highest BCUT2D eigenvalue weighted by Crippen LogP contribution is 2.12. The van der Waals surface area contributed by atoms with Crippen LogP contribution in [0.25, 0.3) is 0 Å². The number of rotatable bonds is 6. The molecule has 0 aliphatic carbocycles. The molecule has 0 saturated heterocycles. The van der Waals surface area contributed by atoms with Gasteiger partial charge in [-0.25, -0.2) is 4.98 Å². The molecule has 7 nitrogen and oxygen atoms in total. The number of anilines is 1. The van der Waals surface area contributed by atoms with E-state index in [1.807, 2.05) is 17.7 Å². The zero-order valence-electron chi connectivity index (χ0n) is 13.7. The molecule has 128 valence electrons. The minimum atomic E-state index is -0.337. The molecule has 0 saturated carbocycles. The highest BCUT2D eigenvalue weighted by atomic mass is 16.3. The zero-order valence-corrected chi connectivity index (χ0v) is 13.7. The first-order valence-corrected chi connectivity index (χ1v) is 7.83. The summed E-state index contributed by atoms with van der Waals surface area (Å²) in [6, 6.07) is 9.87. The number of amides is 2. The standard InChI is InChI=1S/C18H18N4O3/c1-13(11-22-9-8-19-12-22)20-17(23)14-4-6-15(7-5-14)21-18(24)16-3-2-10-25-16/h2-10,12-13H,11H2,1H3,(H,20,23)(H,21,24). The predicted molar refractivity (Wildman–Crippen MR) is 92.3 cm³/mol. The average molecular weight is 338 g/mol. The number of aromatic nitrogens is 2. The van der Waals surface area contributed by atoms with Gasteiger partial charge in [-0.15, -0.1) is 0 Å². The van der Waals surface area contributed by atoms with Crippen LogP contribution in [0.15, 0.2) is 65.8 Å². The number of benzene rings is 1. The van der Waals surface area contributed by atoms with E-state index < -0.39 is 0 Å². The zero-order chi connectivity index (χ0) is 17.6. The lowest BCUT2D eigenvalue weighted by molar-refractivity contribution is 0.0936. The van der Waals surface area contributed by atoms with E-state index in [1.165, 1.54) is 6.26 Å². The topological polar surface area (TPSA) is 89.2 Å². The van der Waals surface area contributed by atoms with Crippen molar-refractivity contribution in [2.75, 3.05) is 5.32 Å². The summed E-state index contributed by atoms with van der Waals surface area (Å²) >= 11 is 0. The van der Waals surface area contributed by atoms with Gasteiger partial charge in [-0.05, 0) is 43.3 Å². The van der Waals surface area contributed by atoms with Gasteiger partial charge in [0.1, 0.15) is 0 Å². The van der Waals surface area contributed by atoms with Crippen LogP contribution >= 0.6 is 0 Å². The molecular formula is C18H18N4O3. The van der Waals surface area contributed by atoms with Crippen LogP contribution in [-0.2, 0) is 6.54 Å². The van der Waals surface area contributed by atoms with Crippen molar-refractivity contribution in [1.82, 2.24) is 14.9 Å². The molecule has 0 bridgehead atoms. The number of carbonyl (C=O) groups is 2. The first-order chi connectivity index (χ1) is 12.1. The normalized spacial score (nSPS) is 11.7. The van der Waals surface area contributed by atoms with Crippen molar-refractivity contribution in [3.05, 3.63) is 72.7 Å². The summed E-state index contributed by atoms with van der Waals surface area (Å²) in [6.45, 7) is 2.57. The maximum absolute atomic E-state index is 12.3. The molecule has 0 aliphatic heterocycles. The molecule has 2 heterocycles. The number of imidazole rings is 1. The molecule has 0 aliphatic rings. The van der Waals surface area contributed by atoms with Gasteiger partial charge < -0.3 is 19.6 Å². The maximum Gasteiger partial charge on any atom is 0.291 e. The number of nitrogens with zero attached hydrogens (tertiary/aromatic N) is 2. The lowest BCUT2D eigenvalue weighted by Gasteiger charge is -2.14. The minimum Gasteiger partial charge on any atom is -0.459 e. The van der Waals surface area contributed by atoms with E-state index in [-0.39, 0.29) is 23.6 Å². The SMILES string of the molecule is CC(Cn1ccnc1)NC(=O)c1ccc(NC(=O)c2ccco2)cc1. The Labute approximate surface area is 144 Å². The number of hydrogen-bond donors (Lipinski definition) is 2. The van der Waals surface area contributed by atoms with Crippen molar-refractivity contribution in [3.8, 4) is 0 Å². The van der Waals surface area contributed by atoms with Crippen molar-refractivity contribution in [1.29, 1.82) is 0 Å². The number of furan rings is 1. The molecule has 2 N–H and O–H groups in total. The summed E-state index contributed by atoms with van der Waals surface area (Å²) in [5.74, 6) is -0.275. The van der Waals surface area contributed by atoms with Crippen molar-refractivity contribution in [3.63, 3.8) is 0 Å². The Bertz CT molecular complexity index is 824. The van der Waals surface area contributed by atoms with Gasteiger partial charge in [-0.3, -0.25) is 9.59 Å². The molecular weight excluding hydrogens is 320 g/mol. The fraction of sp³-hybridized carbons (Fsp3) is 0.167. The van der Waals surface area contributed by atoms with Crippen LogP contribution in [0.1, 0.15) is 27.8 Å². The summed E-state index contributed by atoms with van der Waals surface area (Å²) < 4.78 is 6.93. The van der Waals surface area contributed by atoms with Crippen LogP contribution < -0.4 is 10.6 Å². The third-order valence-electron chi connectivity index (χ3n) is 3.57. The van der Waals surface area contributed by atoms with Gasteiger partial charge in [-0.1, -0.05) is 0 Å². The molecule has 3 aromatic rings. The van der Waals surface area contributed by atoms with E-state index in [0.29, 0.717) is 17.8 Å². The minimum absolute atomic E-state index is 0.0416. The summed E-state index contributed by atoms with van der Waals surface area (Å²) in [5, 5.41) is 5.63. The third-order valence-corrected chi connectivity index (χ3v) is 3.57. The monoisotopic (exact) mass is 338 g/mol. The van der Waals surface area contributed by atoms with Crippen LogP contribution in [0.4, 0.5) is 5.69 Å². The van der Waals surface area contributed by atoms with E-state index in [0.717, 1.165) is 0 Å². The largest absolute Gasteiger partial charge is 0.459 e. The van der Waals surface area contributed by atoms with Crippen LogP contribution in [0, 0.1) is 0 Å². The maximum atomic E-state index is 12.3. The fourth-order valence-corrected chi connectivity index (χ4v) is 2.37. The van der Waals surface area contributed by atoms with Gasteiger partial charge in [0.2, 0.25) is 0 Å². The molecule has 0 spiro atoms. The Morgan fingerprint density at radius 1 is 1.20 bits per heavy atom. The average Bonchev–Trinajstić information content (AvgIpc) is 3.29. The first-order valence-electron chi connectivity index (χ1n) is 7.83. The van der Waals surface area contributed by atoms with E-state index >= 15 is 0 Å². The van der Waals surface area contributed by atoms with Gasteiger partial charge in [0, 0.05) is 36.2 Å². The summed E-state index contributed by atoms with van der Waals surface area (Å²) in [4.78, 5) is 28.1. The third kappa shape index (κ3) is 4.35. The summed E-state index contributed by atoms with van der Waals surface area (Å²) in [6.07, 6.45) is 6.69. The second kappa shape index (κ2) is 7.48. The van der Waals surface area contributed by atoms with Crippen LogP contribution in [-0.4, -0.2) is 27.4 Å². The van der Waals surface area contributed by atoms with Crippen molar-refractivity contribution in [2.45, 2.75) is 19.5 Å². The van der Waals surface area contributed by atoms with Gasteiger partial charge in [0.15, 0.2) is 5.76 Å². The highest BCUT2D eigenvalue weighted by molar-refractivity contribution is 6.02. The lowest BCUT2D eigenvalue weighted by Crippen LogP contribution is -2.35. The van der Waals surface area contributed by atoms with Crippen molar-refractivity contribution >= 4 is 17.5 Å². The molecule has 2 aromatic heterocycles. The molecule has 1 atom stereocenters. The Hall–Kier alpha value is -3.35. The van der Waals surface area contributed by atoms with E-state index in [1.54, 1.807) is 48.9 Å². The molecule has 1 unspecified atom stereocenters. The molecule has 25 heavy (non-hydrogen) atoms. The summed E-state index contributed by atoms with van der Waals surface area (Å²) in [7, 11) is 0. The number of carbonyl (C=O) groups excluding carboxylic acids is 2. The lowest BCUT2D eigenvalue weighted by atomic mass is 10.1. The molecule has 0 fully saturated rings. The highest BCUT2D eigenvalue weighted by Gasteiger charge is 2.12. The number of nitrogens with one attached hydrogen (secondary N) is 2. The van der Waals surface area contributed by atoms with Crippen molar-refractivity contribution < 1.29 is 14.0 Å². The van der Waals surface area contributed by atoms with E-state index in [2.05, 4.69) is 15.6 Å². The Morgan fingerprint density at radius 2 is 2.00 bits per heavy atom. The van der Waals surface area contributed by atoms with E-state index in [4.69, 9.17) is 4.42 Å². The Morgan fingerprint density at radius 3 is 2.64 bits per heavy atom. The Balaban J connectivity index is 1.56. The van der Waals surface area contributed by atoms with Gasteiger partial charge >= 0.3 is 0 Å². The van der Waals surface area contributed by atoms with Crippen LogP contribution in [0.2, 0.25) is 0 Å². The molecule has 0 radical (unpaired) electrons. The fourth-order valence-electron chi connectivity index (χ4n) is 2.37. The van der Waals surface area contributed by atoms with Gasteiger partial charge in [0.05, 0.1) is 12.6 Å². The van der Waals surface area contributed by atoms with E-state index in [9.17, 15) is 9.59 Å². The molecule has 1 aromatic carbocycles. The van der Waals surface area contributed by atoms with Gasteiger partial charge in [0.25, 0.3) is 11.8 Å². The Kier molecular flexibility index (Phi) is 4.94. The second-order valence-electron chi connectivity index (χ2n) is 5.64. The smallest absolute Gasteiger partial charge is 0.291 e. The van der Waals surface area contributed by atoms with Gasteiger partial charge in [-0.2, -0.15) is 0 Å². The second-order valence-corrected chi connectivity index (χ2v) is 5.64. The predicted octanol–water partition coefficient (Wildman–Crippen LogP) is 2.55. The quantitative estimate of drug-likeness (QED) is 0.723. The van der Waals surface area contributed by atoms with Crippen LogP contribution in [0.3, 0.4) is 0 Å². The van der Waals surface area contributed by atoms with Crippen molar-refractivity contribution in [2.24, 2.45) is 0 Å². The summed E-state index contributed by atoms with van der Waals surface area (Å²) in [5.41, 5.74) is 1.11.